The van der Waals surface area contributed by atoms with E-state index >= 15 is 0 Å². The number of aromatic nitrogens is 3. The SMILES string of the molecule is OCc1cccc(-c2c(CNCc3ccncc3)[nH]c3ncccc23)c1. The normalized spacial score (nSPS) is 11.1. The van der Waals surface area contributed by atoms with Crippen LogP contribution in [0.3, 0.4) is 0 Å². The summed E-state index contributed by atoms with van der Waals surface area (Å²) in [5.74, 6) is 0. The highest BCUT2D eigenvalue weighted by atomic mass is 16.3. The van der Waals surface area contributed by atoms with Crippen molar-refractivity contribution in [3.8, 4) is 11.1 Å². The van der Waals surface area contributed by atoms with Crippen LogP contribution in [-0.4, -0.2) is 20.1 Å². The number of fused-ring (bicyclic) bond motifs is 1. The molecule has 3 N–H and O–H groups in total. The Morgan fingerprint density at radius 1 is 0.923 bits per heavy atom. The van der Waals surface area contributed by atoms with Gasteiger partial charge >= 0.3 is 0 Å². The molecule has 5 heteroatoms. The minimum atomic E-state index is 0.0318. The molecule has 26 heavy (non-hydrogen) atoms. The number of nitrogens with one attached hydrogen (secondary N) is 2. The van der Waals surface area contributed by atoms with Gasteiger partial charge in [0.05, 0.1) is 6.61 Å². The summed E-state index contributed by atoms with van der Waals surface area (Å²) in [6, 6.07) is 16.0. The summed E-state index contributed by atoms with van der Waals surface area (Å²) < 4.78 is 0. The lowest BCUT2D eigenvalue weighted by atomic mass is 10.0. The van der Waals surface area contributed by atoms with E-state index < -0.39 is 0 Å². The summed E-state index contributed by atoms with van der Waals surface area (Å²) in [6.45, 7) is 1.49. The smallest absolute Gasteiger partial charge is 0.138 e. The maximum Gasteiger partial charge on any atom is 0.138 e. The standard InChI is InChI=1S/C21H20N4O/c26-14-16-3-1-4-17(11-16)20-18-5-2-8-24-21(18)25-19(20)13-23-12-15-6-9-22-10-7-15/h1-11,23,26H,12-14H2,(H,24,25). The monoisotopic (exact) mass is 344 g/mol. The molecule has 130 valence electrons. The van der Waals surface area contributed by atoms with Crippen molar-refractivity contribution < 1.29 is 5.11 Å². The highest BCUT2D eigenvalue weighted by Gasteiger charge is 2.14. The van der Waals surface area contributed by atoms with Crippen LogP contribution in [0.2, 0.25) is 0 Å². The van der Waals surface area contributed by atoms with Gasteiger partial charge in [-0.05, 0) is 47.0 Å². The van der Waals surface area contributed by atoms with Crippen molar-refractivity contribution in [2.45, 2.75) is 19.7 Å². The van der Waals surface area contributed by atoms with E-state index in [0.29, 0.717) is 6.54 Å². The molecule has 0 atom stereocenters. The van der Waals surface area contributed by atoms with Crippen LogP contribution in [0.4, 0.5) is 0 Å². The second-order valence-electron chi connectivity index (χ2n) is 6.20. The van der Waals surface area contributed by atoms with Crippen LogP contribution in [0.1, 0.15) is 16.8 Å². The van der Waals surface area contributed by atoms with Gasteiger partial charge in [-0.25, -0.2) is 4.98 Å². The number of benzene rings is 1. The Morgan fingerprint density at radius 3 is 2.65 bits per heavy atom. The topological polar surface area (TPSA) is 73.8 Å². The van der Waals surface area contributed by atoms with Crippen molar-refractivity contribution in [3.05, 3.63) is 83.9 Å². The molecule has 0 radical (unpaired) electrons. The molecule has 0 fully saturated rings. The molecule has 1 aromatic carbocycles. The quantitative estimate of drug-likeness (QED) is 0.501. The summed E-state index contributed by atoms with van der Waals surface area (Å²) in [5, 5.41) is 14.0. The Labute approximate surface area is 151 Å². The summed E-state index contributed by atoms with van der Waals surface area (Å²) in [4.78, 5) is 11.9. The number of nitrogens with zero attached hydrogens (tertiary/aromatic N) is 2. The van der Waals surface area contributed by atoms with Crippen molar-refractivity contribution in [1.82, 2.24) is 20.3 Å². The maximum absolute atomic E-state index is 9.47. The van der Waals surface area contributed by atoms with Gasteiger partial charge in [0, 0.05) is 48.3 Å². The van der Waals surface area contributed by atoms with E-state index in [-0.39, 0.29) is 6.61 Å². The predicted octanol–water partition coefficient (Wildman–Crippen LogP) is 3.41. The second-order valence-corrected chi connectivity index (χ2v) is 6.20. The Balaban J connectivity index is 1.67. The van der Waals surface area contributed by atoms with Gasteiger partial charge in [-0.1, -0.05) is 18.2 Å². The van der Waals surface area contributed by atoms with Gasteiger partial charge in [-0.2, -0.15) is 0 Å². The van der Waals surface area contributed by atoms with Gasteiger partial charge in [0.1, 0.15) is 5.65 Å². The van der Waals surface area contributed by atoms with E-state index in [0.717, 1.165) is 40.0 Å². The van der Waals surface area contributed by atoms with Crippen molar-refractivity contribution in [2.75, 3.05) is 0 Å². The molecular formula is C21H20N4O. The van der Waals surface area contributed by atoms with Crippen molar-refractivity contribution >= 4 is 11.0 Å². The number of hydrogen-bond donors (Lipinski definition) is 3. The minimum Gasteiger partial charge on any atom is -0.392 e. The second kappa shape index (κ2) is 7.47. The first-order valence-corrected chi connectivity index (χ1v) is 8.60. The molecular weight excluding hydrogens is 324 g/mol. The van der Waals surface area contributed by atoms with Gasteiger partial charge in [-0.15, -0.1) is 0 Å². The van der Waals surface area contributed by atoms with E-state index in [1.165, 1.54) is 5.56 Å². The lowest BCUT2D eigenvalue weighted by Gasteiger charge is -2.08. The van der Waals surface area contributed by atoms with Gasteiger partial charge in [-0.3, -0.25) is 4.98 Å². The summed E-state index contributed by atoms with van der Waals surface area (Å²) in [7, 11) is 0. The number of H-pyrrole nitrogens is 1. The third-order valence-corrected chi connectivity index (χ3v) is 4.43. The number of aliphatic hydroxyl groups is 1. The van der Waals surface area contributed by atoms with Gasteiger partial charge in [0.2, 0.25) is 0 Å². The molecule has 4 aromatic rings. The summed E-state index contributed by atoms with van der Waals surface area (Å²) in [5.41, 5.74) is 6.26. The average Bonchev–Trinajstić information content (AvgIpc) is 3.07. The summed E-state index contributed by atoms with van der Waals surface area (Å²) >= 11 is 0. The van der Waals surface area contributed by atoms with E-state index in [1.54, 1.807) is 18.6 Å². The van der Waals surface area contributed by atoms with E-state index in [9.17, 15) is 5.11 Å². The number of rotatable bonds is 6. The third-order valence-electron chi connectivity index (χ3n) is 4.43. The number of hydrogen-bond acceptors (Lipinski definition) is 4. The van der Waals surface area contributed by atoms with Crippen LogP contribution in [0.15, 0.2) is 67.1 Å². The largest absolute Gasteiger partial charge is 0.392 e. The van der Waals surface area contributed by atoms with E-state index in [1.807, 2.05) is 36.4 Å². The first-order chi connectivity index (χ1) is 12.8. The molecule has 0 spiro atoms. The molecule has 5 nitrogen and oxygen atoms in total. The molecule has 0 saturated heterocycles. The van der Waals surface area contributed by atoms with Crippen LogP contribution in [0, 0.1) is 0 Å². The van der Waals surface area contributed by atoms with Crippen LogP contribution in [-0.2, 0) is 19.7 Å². The molecule has 0 aliphatic rings. The molecule has 3 heterocycles. The molecule has 0 bridgehead atoms. The van der Waals surface area contributed by atoms with Crippen molar-refractivity contribution in [1.29, 1.82) is 0 Å². The number of aromatic amines is 1. The lowest BCUT2D eigenvalue weighted by molar-refractivity contribution is 0.282. The zero-order chi connectivity index (χ0) is 17.8. The first-order valence-electron chi connectivity index (χ1n) is 8.60. The van der Waals surface area contributed by atoms with Crippen molar-refractivity contribution in [3.63, 3.8) is 0 Å². The number of pyridine rings is 2. The predicted molar refractivity (Wildman–Crippen MR) is 102 cm³/mol. The Bertz CT molecular complexity index is 1010. The van der Waals surface area contributed by atoms with Crippen LogP contribution >= 0.6 is 0 Å². The highest BCUT2D eigenvalue weighted by molar-refractivity contribution is 5.95. The van der Waals surface area contributed by atoms with Crippen LogP contribution in [0.5, 0.6) is 0 Å². The molecule has 3 aromatic heterocycles. The molecule has 0 saturated carbocycles. The van der Waals surface area contributed by atoms with Gasteiger partial charge in [0.15, 0.2) is 0 Å². The zero-order valence-electron chi connectivity index (χ0n) is 14.3. The molecule has 0 amide bonds. The summed E-state index contributed by atoms with van der Waals surface area (Å²) in [6.07, 6.45) is 5.40. The Kier molecular flexibility index (Phi) is 4.73. The zero-order valence-corrected chi connectivity index (χ0v) is 14.3. The Hall–Kier alpha value is -3.02. The fourth-order valence-corrected chi connectivity index (χ4v) is 3.19. The van der Waals surface area contributed by atoms with Crippen molar-refractivity contribution in [2.24, 2.45) is 0 Å². The lowest BCUT2D eigenvalue weighted by Crippen LogP contribution is -2.13. The molecule has 0 unspecified atom stereocenters. The number of aliphatic hydroxyl groups excluding tert-OH is 1. The van der Waals surface area contributed by atoms with Crippen LogP contribution < -0.4 is 5.32 Å². The highest BCUT2D eigenvalue weighted by Crippen LogP contribution is 2.32. The van der Waals surface area contributed by atoms with Gasteiger partial charge < -0.3 is 15.4 Å². The van der Waals surface area contributed by atoms with Gasteiger partial charge in [0.25, 0.3) is 0 Å². The Morgan fingerprint density at radius 2 is 1.81 bits per heavy atom. The molecule has 0 aliphatic carbocycles. The fourth-order valence-electron chi connectivity index (χ4n) is 3.19. The maximum atomic E-state index is 9.47. The van der Waals surface area contributed by atoms with Crippen LogP contribution in [0.25, 0.3) is 22.2 Å². The fraction of sp³-hybridized carbons (Fsp3) is 0.143. The molecule has 0 aliphatic heterocycles. The van der Waals surface area contributed by atoms with E-state index in [2.05, 4.69) is 32.4 Å². The minimum absolute atomic E-state index is 0.0318. The first kappa shape index (κ1) is 16.4. The average molecular weight is 344 g/mol. The molecule has 4 rings (SSSR count). The van der Waals surface area contributed by atoms with E-state index in [4.69, 9.17) is 0 Å². The third kappa shape index (κ3) is 3.35.